The van der Waals surface area contributed by atoms with Crippen molar-refractivity contribution in [2.75, 3.05) is 14.2 Å². The molecule has 0 aliphatic rings. The minimum Gasteiger partial charge on any atom is -0.497 e. The maximum atomic E-state index is 10.6. The molecule has 0 heterocycles. The zero-order chi connectivity index (χ0) is 14.5. The Balaban J connectivity index is 2.96. The monoisotopic (exact) mass is 264 g/mol. The summed E-state index contributed by atoms with van der Waals surface area (Å²) < 4.78 is 10.5. The van der Waals surface area contributed by atoms with Gasteiger partial charge in [-0.05, 0) is 45.7 Å². The Hall–Kier alpha value is -1.48. The normalized spacial score (nSPS) is 13.6. The predicted octanol–water partition coefficient (Wildman–Crippen LogP) is 3.66. The summed E-state index contributed by atoms with van der Waals surface area (Å²) in [5, 5.41) is 10.6. The van der Waals surface area contributed by atoms with Gasteiger partial charge in [0, 0.05) is 11.6 Å². The lowest BCUT2D eigenvalue weighted by Crippen LogP contribution is -2.21. The Morgan fingerprint density at radius 1 is 1.26 bits per heavy atom. The third-order valence-corrected chi connectivity index (χ3v) is 3.17. The van der Waals surface area contributed by atoms with Gasteiger partial charge in [-0.2, -0.15) is 0 Å². The zero-order valence-electron chi connectivity index (χ0n) is 12.5. The lowest BCUT2D eigenvalue weighted by Gasteiger charge is -2.25. The highest BCUT2D eigenvalue weighted by atomic mass is 16.5. The van der Waals surface area contributed by atoms with Crippen LogP contribution in [0.2, 0.25) is 0 Å². The quantitative estimate of drug-likeness (QED) is 0.797. The van der Waals surface area contributed by atoms with Crippen LogP contribution < -0.4 is 9.47 Å². The number of methoxy groups -OCH3 is 2. The van der Waals surface area contributed by atoms with Gasteiger partial charge in [-0.1, -0.05) is 11.6 Å². The second-order valence-corrected chi connectivity index (χ2v) is 5.16. The minimum absolute atomic E-state index is 0.654. The van der Waals surface area contributed by atoms with Crippen LogP contribution in [0.3, 0.4) is 0 Å². The van der Waals surface area contributed by atoms with E-state index >= 15 is 0 Å². The first-order valence-corrected chi connectivity index (χ1v) is 6.49. The van der Waals surface area contributed by atoms with Gasteiger partial charge in [0.25, 0.3) is 0 Å². The molecule has 19 heavy (non-hydrogen) atoms. The molecule has 3 heteroatoms. The molecular formula is C16H24O3. The number of hydrogen-bond donors (Lipinski definition) is 1. The Labute approximate surface area is 115 Å². The smallest absolute Gasteiger partial charge is 0.128 e. The van der Waals surface area contributed by atoms with Crippen molar-refractivity contribution in [1.82, 2.24) is 0 Å². The van der Waals surface area contributed by atoms with E-state index < -0.39 is 5.60 Å². The molecule has 0 saturated carbocycles. The highest BCUT2D eigenvalue weighted by Gasteiger charge is 2.26. The van der Waals surface area contributed by atoms with E-state index in [1.54, 1.807) is 20.3 Å². The first kappa shape index (κ1) is 15.6. The van der Waals surface area contributed by atoms with E-state index in [9.17, 15) is 5.11 Å². The van der Waals surface area contributed by atoms with Crippen LogP contribution in [0.5, 0.6) is 11.5 Å². The van der Waals surface area contributed by atoms with Crippen LogP contribution in [0.4, 0.5) is 0 Å². The number of aliphatic hydroxyl groups is 1. The molecule has 0 radical (unpaired) electrons. The van der Waals surface area contributed by atoms with Crippen LogP contribution in [-0.2, 0) is 5.60 Å². The number of rotatable bonds is 6. The molecule has 0 spiro atoms. The molecule has 106 valence electrons. The second kappa shape index (κ2) is 6.62. The van der Waals surface area contributed by atoms with Crippen LogP contribution >= 0.6 is 0 Å². The second-order valence-electron chi connectivity index (χ2n) is 5.16. The van der Waals surface area contributed by atoms with Crippen molar-refractivity contribution in [1.29, 1.82) is 0 Å². The van der Waals surface area contributed by atoms with E-state index in [4.69, 9.17) is 9.47 Å². The molecule has 1 unspecified atom stereocenters. The molecule has 0 aromatic heterocycles. The van der Waals surface area contributed by atoms with Gasteiger partial charge in [-0.3, -0.25) is 0 Å². The van der Waals surface area contributed by atoms with Crippen molar-refractivity contribution >= 4 is 0 Å². The largest absolute Gasteiger partial charge is 0.497 e. The average Bonchev–Trinajstić information content (AvgIpc) is 2.37. The maximum absolute atomic E-state index is 10.6. The average molecular weight is 264 g/mol. The van der Waals surface area contributed by atoms with Crippen molar-refractivity contribution in [2.24, 2.45) is 0 Å². The molecule has 0 aliphatic carbocycles. The maximum Gasteiger partial charge on any atom is 0.128 e. The van der Waals surface area contributed by atoms with Gasteiger partial charge in [0.05, 0.1) is 19.8 Å². The van der Waals surface area contributed by atoms with Crippen molar-refractivity contribution in [3.05, 3.63) is 35.4 Å². The topological polar surface area (TPSA) is 38.7 Å². The van der Waals surface area contributed by atoms with Gasteiger partial charge < -0.3 is 14.6 Å². The van der Waals surface area contributed by atoms with Gasteiger partial charge >= 0.3 is 0 Å². The van der Waals surface area contributed by atoms with Crippen LogP contribution in [-0.4, -0.2) is 19.3 Å². The van der Waals surface area contributed by atoms with E-state index in [2.05, 4.69) is 19.9 Å². The molecule has 1 atom stereocenters. The van der Waals surface area contributed by atoms with E-state index in [0.717, 1.165) is 17.7 Å². The van der Waals surface area contributed by atoms with Crippen LogP contribution in [0.25, 0.3) is 0 Å². The summed E-state index contributed by atoms with van der Waals surface area (Å²) in [6, 6.07) is 5.50. The van der Waals surface area contributed by atoms with Gasteiger partial charge in [-0.25, -0.2) is 0 Å². The standard InChI is InChI=1S/C16H24O3/c1-12(2)7-6-10-16(3,17)14-9-8-13(18-4)11-15(14)19-5/h7-9,11,17H,6,10H2,1-5H3. The molecule has 1 N–H and O–H groups in total. The molecule has 0 bridgehead atoms. The van der Waals surface area contributed by atoms with E-state index in [0.29, 0.717) is 12.2 Å². The molecule has 0 fully saturated rings. The van der Waals surface area contributed by atoms with Gasteiger partial charge in [0.15, 0.2) is 0 Å². The number of benzene rings is 1. The Morgan fingerprint density at radius 2 is 1.95 bits per heavy atom. The lowest BCUT2D eigenvalue weighted by molar-refractivity contribution is 0.0461. The highest BCUT2D eigenvalue weighted by molar-refractivity contribution is 5.43. The highest BCUT2D eigenvalue weighted by Crippen LogP contribution is 2.35. The molecule has 0 amide bonds. The first-order chi connectivity index (χ1) is 8.90. The van der Waals surface area contributed by atoms with Crippen molar-refractivity contribution in [3.63, 3.8) is 0 Å². The third kappa shape index (κ3) is 4.28. The van der Waals surface area contributed by atoms with Crippen LogP contribution in [0.15, 0.2) is 29.8 Å². The Kier molecular flexibility index (Phi) is 5.43. The molecular weight excluding hydrogens is 240 g/mol. The van der Waals surface area contributed by atoms with E-state index in [1.165, 1.54) is 5.57 Å². The number of ether oxygens (including phenoxy) is 2. The summed E-state index contributed by atoms with van der Waals surface area (Å²) in [6.45, 7) is 5.93. The van der Waals surface area contributed by atoms with Gasteiger partial charge in [0.1, 0.15) is 11.5 Å². The summed E-state index contributed by atoms with van der Waals surface area (Å²) in [5.74, 6) is 1.38. The summed E-state index contributed by atoms with van der Waals surface area (Å²) >= 11 is 0. The lowest BCUT2D eigenvalue weighted by atomic mass is 9.90. The number of hydrogen-bond acceptors (Lipinski definition) is 3. The Bertz CT molecular complexity index is 443. The summed E-state index contributed by atoms with van der Waals surface area (Å²) in [4.78, 5) is 0. The SMILES string of the molecule is COc1ccc(C(C)(O)CCC=C(C)C)c(OC)c1. The van der Waals surface area contributed by atoms with Gasteiger partial charge in [-0.15, -0.1) is 0 Å². The van der Waals surface area contributed by atoms with Crippen molar-refractivity contribution in [3.8, 4) is 11.5 Å². The number of allylic oxidation sites excluding steroid dienone is 2. The molecule has 1 aromatic carbocycles. The molecule has 1 rings (SSSR count). The summed E-state index contributed by atoms with van der Waals surface area (Å²) in [7, 11) is 3.21. The van der Waals surface area contributed by atoms with Crippen molar-refractivity contribution in [2.45, 2.75) is 39.2 Å². The zero-order valence-corrected chi connectivity index (χ0v) is 12.5. The fraction of sp³-hybridized carbons (Fsp3) is 0.500. The fourth-order valence-electron chi connectivity index (χ4n) is 2.02. The molecule has 1 aromatic rings. The van der Waals surface area contributed by atoms with Crippen LogP contribution in [0, 0.1) is 0 Å². The van der Waals surface area contributed by atoms with Crippen LogP contribution in [0.1, 0.15) is 39.2 Å². The fourth-order valence-corrected chi connectivity index (χ4v) is 2.02. The minimum atomic E-state index is -0.913. The van der Waals surface area contributed by atoms with Crippen molar-refractivity contribution < 1.29 is 14.6 Å². The van der Waals surface area contributed by atoms with E-state index in [1.807, 2.05) is 19.1 Å². The third-order valence-electron chi connectivity index (χ3n) is 3.17. The molecule has 3 nitrogen and oxygen atoms in total. The van der Waals surface area contributed by atoms with Gasteiger partial charge in [0.2, 0.25) is 0 Å². The molecule has 0 saturated heterocycles. The predicted molar refractivity (Wildman–Crippen MR) is 77.8 cm³/mol. The van der Waals surface area contributed by atoms with E-state index in [-0.39, 0.29) is 0 Å². The summed E-state index contributed by atoms with van der Waals surface area (Å²) in [6.07, 6.45) is 3.62. The molecule has 0 aliphatic heterocycles. The first-order valence-electron chi connectivity index (χ1n) is 6.49. The summed E-state index contributed by atoms with van der Waals surface area (Å²) in [5.41, 5.74) is 1.14. The Morgan fingerprint density at radius 3 is 2.47 bits per heavy atom.